The minimum Gasteiger partial charge on any atom is -0.478 e. The lowest BCUT2D eigenvalue weighted by atomic mass is 10.2. The number of carboxylic acid groups (broad SMARTS) is 1. The number of hydrogen-bond acceptors (Lipinski definition) is 4. The standard InChI is InChI=1S/C11H15N3O5S/c1-20(18,19)13-6-5-12-11(17)14-9-4-2-3-8(7-9)10(15)16/h2-4,7,13H,5-6H2,1H3,(H,15,16)(H2,12,14,17). The number of aromatic carboxylic acids is 1. The Balaban J connectivity index is 2.43. The monoisotopic (exact) mass is 301 g/mol. The van der Waals surface area contributed by atoms with Crippen LogP contribution in [0.15, 0.2) is 24.3 Å². The van der Waals surface area contributed by atoms with Gasteiger partial charge in [0.1, 0.15) is 0 Å². The smallest absolute Gasteiger partial charge is 0.335 e. The summed E-state index contributed by atoms with van der Waals surface area (Å²) in [5, 5.41) is 13.7. The van der Waals surface area contributed by atoms with Crippen molar-refractivity contribution in [2.75, 3.05) is 24.7 Å². The first-order valence-corrected chi connectivity index (χ1v) is 7.50. The van der Waals surface area contributed by atoms with Crippen LogP contribution in [0.3, 0.4) is 0 Å². The van der Waals surface area contributed by atoms with Crippen molar-refractivity contribution in [3.8, 4) is 0 Å². The van der Waals surface area contributed by atoms with Crippen molar-refractivity contribution in [1.29, 1.82) is 0 Å². The largest absolute Gasteiger partial charge is 0.478 e. The number of nitrogens with one attached hydrogen (secondary N) is 3. The molecule has 0 radical (unpaired) electrons. The number of hydrogen-bond donors (Lipinski definition) is 4. The minimum atomic E-state index is -3.28. The highest BCUT2D eigenvalue weighted by molar-refractivity contribution is 7.88. The van der Waals surface area contributed by atoms with E-state index in [1.54, 1.807) is 6.07 Å². The molecule has 0 aliphatic rings. The molecule has 20 heavy (non-hydrogen) atoms. The average Bonchev–Trinajstić information content (AvgIpc) is 2.34. The number of amides is 2. The van der Waals surface area contributed by atoms with E-state index in [4.69, 9.17) is 5.11 Å². The molecule has 1 aromatic carbocycles. The van der Waals surface area contributed by atoms with Crippen molar-refractivity contribution in [3.63, 3.8) is 0 Å². The summed E-state index contributed by atoms with van der Waals surface area (Å²) in [6.07, 6.45) is 1.02. The van der Waals surface area contributed by atoms with E-state index in [1.165, 1.54) is 18.2 Å². The van der Waals surface area contributed by atoms with Gasteiger partial charge in [0.15, 0.2) is 0 Å². The molecule has 0 aliphatic heterocycles. The van der Waals surface area contributed by atoms with Gasteiger partial charge in [-0.2, -0.15) is 0 Å². The number of sulfonamides is 1. The second-order valence-electron chi connectivity index (χ2n) is 3.93. The summed E-state index contributed by atoms with van der Waals surface area (Å²) in [5.41, 5.74) is 0.389. The Morgan fingerprint density at radius 3 is 2.55 bits per heavy atom. The van der Waals surface area contributed by atoms with Crippen LogP contribution >= 0.6 is 0 Å². The molecule has 4 N–H and O–H groups in total. The topological polar surface area (TPSA) is 125 Å². The third kappa shape index (κ3) is 6.16. The molecule has 1 aromatic rings. The molecule has 0 aromatic heterocycles. The Bertz CT molecular complexity index is 600. The lowest BCUT2D eigenvalue weighted by Gasteiger charge is -2.08. The molecule has 2 amide bonds. The molecule has 0 saturated carbocycles. The van der Waals surface area contributed by atoms with Crippen LogP contribution in [0.25, 0.3) is 0 Å². The van der Waals surface area contributed by atoms with Gasteiger partial charge in [-0.1, -0.05) is 6.07 Å². The summed E-state index contributed by atoms with van der Waals surface area (Å²) >= 11 is 0. The van der Waals surface area contributed by atoms with E-state index >= 15 is 0 Å². The molecule has 9 heteroatoms. The number of carbonyl (C=O) groups is 2. The average molecular weight is 301 g/mol. The number of rotatable bonds is 6. The second kappa shape index (κ2) is 6.87. The fraction of sp³-hybridized carbons (Fsp3) is 0.273. The quantitative estimate of drug-likeness (QED) is 0.553. The molecule has 1 rings (SSSR count). The first kappa shape index (κ1) is 15.9. The third-order valence-electron chi connectivity index (χ3n) is 2.14. The summed E-state index contributed by atoms with van der Waals surface area (Å²) in [7, 11) is -3.28. The first-order chi connectivity index (χ1) is 9.28. The Morgan fingerprint density at radius 2 is 1.95 bits per heavy atom. The molecule has 0 bridgehead atoms. The van der Waals surface area contributed by atoms with Crippen LogP contribution in [0.4, 0.5) is 10.5 Å². The highest BCUT2D eigenvalue weighted by atomic mass is 32.2. The van der Waals surface area contributed by atoms with Crippen LogP contribution in [0, 0.1) is 0 Å². The third-order valence-corrected chi connectivity index (χ3v) is 2.87. The Morgan fingerprint density at radius 1 is 1.25 bits per heavy atom. The van der Waals surface area contributed by atoms with Gasteiger partial charge in [0.2, 0.25) is 10.0 Å². The highest BCUT2D eigenvalue weighted by Crippen LogP contribution is 2.10. The van der Waals surface area contributed by atoms with E-state index < -0.39 is 22.0 Å². The zero-order chi connectivity index (χ0) is 15.2. The molecule has 110 valence electrons. The molecule has 0 spiro atoms. The van der Waals surface area contributed by atoms with Crippen molar-refractivity contribution < 1.29 is 23.1 Å². The Labute approximate surface area is 116 Å². The van der Waals surface area contributed by atoms with Crippen LogP contribution < -0.4 is 15.4 Å². The predicted molar refractivity (Wildman–Crippen MR) is 73.3 cm³/mol. The van der Waals surface area contributed by atoms with Crippen molar-refractivity contribution in [1.82, 2.24) is 10.0 Å². The van der Waals surface area contributed by atoms with Gasteiger partial charge >= 0.3 is 12.0 Å². The summed E-state index contributed by atoms with van der Waals surface area (Å²) in [6.45, 7) is 0.180. The maximum Gasteiger partial charge on any atom is 0.335 e. The lowest BCUT2D eigenvalue weighted by Crippen LogP contribution is -2.36. The van der Waals surface area contributed by atoms with Crippen molar-refractivity contribution in [2.45, 2.75) is 0 Å². The molecule has 0 aliphatic carbocycles. The Hall–Kier alpha value is -2.13. The molecule has 0 heterocycles. The molecule has 0 saturated heterocycles. The van der Waals surface area contributed by atoms with Crippen molar-refractivity contribution >= 4 is 27.7 Å². The highest BCUT2D eigenvalue weighted by Gasteiger charge is 2.06. The van der Waals surface area contributed by atoms with E-state index in [9.17, 15) is 18.0 Å². The van der Waals surface area contributed by atoms with Crippen LogP contribution in [-0.4, -0.2) is 44.9 Å². The van der Waals surface area contributed by atoms with Gasteiger partial charge in [0, 0.05) is 18.8 Å². The summed E-state index contributed by atoms with van der Waals surface area (Å²) in [6, 6.07) is 5.21. The van der Waals surface area contributed by atoms with E-state index in [-0.39, 0.29) is 18.7 Å². The zero-order valence-corrected chi connectivity index (χ0v) is 11.5. The van der Waals surface area contributed by atoms with E-state index in [0.717, 1.165) is 6.26 Å². The minimum absolute atomic E-state index is 0.0570. The molecule has 0 unspecified atom stereocenters. The lowest BCUT2D eigenvalue weighted by molar-refractivity contribution is 0.0697. The van der Waals surface area contributed by atoms with E-state index in [0.29, 0.717) is 5.69 Å². The van der Waals surface area contributed by atoms with Gasteiger partial charge in [0.05, 0.1) is 11.8 Å². The van der Waals surface area contributed by atoms with Gasteiger partial charge in [-0.15, -0.1) is 0 Å². The first-order valence-electron chi connectivity index (χ1n) is 5.61. The molecular weight excluding hydrogens is 286 g/mol. The van der Waals surface area contributed by atoms with Crippen LogP contribution in [0.1, 0.15) is 10.4 Å². The van der Waals surface area contributed by atoms with Crippen LogP contribution in [0.5, 0.6) is 0 Å². The SMILES string of the molecule is CS(=O)(=O)NCCNC(=O)Nc1cccc(C(=O)O)c1. The van der Waals surface area contributed by atoms with Crippen LogP contribution in [0.2, 0.25) is 0 Å². The fourth-order valence-corrected chi connectivity index (χ4v) is 1.79. The maximum atomic E-state index is 11.5. The number of benzene rings is 1. The summed E-state index contributed by atoms with van der Waals surface area (Å²) in [5.74, 6) is -1.09. The van der Waals surface area contributed by atoms with Gasteiger partial charge in [-0.25, -0.2) is 22.7 Å². The zero-order valence-electron chi connectivity index (χ0n) is 10.7. The van der Waals surface area contributed by atoms with Gasteiger partial charge in [-0.3, -0.25) is 0 Å². The maximum absolute atomic E-state index is 11.5. The summed E-state index contributed by atoms with van der Waals surface area (Å²) in [4.78, 5) is 22.2. The molecule has 0 fully saturated rings. The van der Waals surface area contributed by atoms with Gasteiger partial charge < -0.3 is 15.7 Å². The Kier molecular flexibility index (Phi) is 5.47. The molecule has 0 atom stereocenters. The fourth-order valence-electron chi connectivity index (χ4n) is 1.32. The number of anilines is 1. The predicted octanol–water partition coefficient (Wildman–Crippen LogP) is 0.0555. The normalized spacial score (nSPS) is 10.8. The van der Waals surface area contributed by atoms with Crippen molar-refractivity contribution in [2.24, 2.45) is 0 Å². The number of urea groups is 1. The van der Waals surface area contributed by atoms with E-state index in [1.807, 2.05) is 0 Å². The van der Waals surface area contributed by atoms with Gasteiger partial charge in [-0.05, 0) is 18.2 Å². The van der Waals surface area contributed by atoms with Gasteiger partial charge in [0.25, 0.3) is 0 Å². The second-order valence-corrected chi connectivity index (χ2v) is 5.77. The molecule has 8 nitrogen and oxygen atoms in total. The molecular formula is C11H15N3O5S. The van der Waals surface area contributed by atoms with E-state index in [2.05, 4.69) is 15.4 Å². The number of carboxylic acids is 1. The van der Waals surface area contributed by atoms with Crippen molar-refractivity contribution in [3.05, 3.63) is 29.8 Å². The number of carbonyl (C=O) groups excluding carboxylic acids is 1. The summed E-state index contributed by atoms with van der Waals surface area (Å²) < 4.78 is 23.8. The van der Waals surface area contributed by atoms with Crippen LogP contribution in [-0.2, 0) is 10.0 Å².